The van der Waals surface area contributed by atoms with Crippen molar-refractivity contribution in [3.05, 3.63) is 74.6 Å². The van der Waals surface area contributed by atoms with Crippen LogP contribution in [0.2, 0.25) is 0 Å². The zero-order valence-electron chi connectivity index (χ0n) is 16.8. The monoisotopic (exact) mass is 408 g/mol. The van der Waals surface area contributed by atoms with Crippen LogP contribution in [0.3, 0.4) is 0 Å². The van der Waals surface area contributed by atoms with Crippen LogP contribution in [0.15, 0.2) is 35.3 Å². The highest BCUT2D eigenvalue weighted by atomic mass is 19.1. The summed E-state index contributed by atoms with van der Waals surface area (Å²) >= 11 is 0. The van der Waals surface area contributed by atoms with E-state index < -0.39 is 0 Å². The second kappa shape index (κ2) is 7.71. The van der Waals surface area contributed by atoms with Crippen molar-refractivity contribution in [3.63, 3.8) is 0 Å². The van der Waals surface area contributed by atoms with Crippen molar-refractivity contribution in [2.45, 2.75) is 45.1 Å². The lowest BCUT2D eigenvalue weighted by atomic mass is 9.95. The quantitative estimate of drug-likeness (QED) is 0.666. The Bertz CT molecular complexity index is 1250. The van der Waals surface area contributed by atoms with Crippen molar-refractivity contribution in [3.8, 4) is 6.07 Å². The summed E-state index contributed by atoms with van der Waals surface area (Å²) in [4.78, 5) is 32.3. The van der Waals surface area contributed by atoms with E-state index in [0.717, 1.165) is 12.8 Å². The van der Waals surface area contributed by atoms with Crippen molar-refractivity contribution in [1.82, 2.24) is 15.3 Å². The van der Waals surface area contributed by atoms with Gasteiger partial charge in [0, 0.05) is 31.1 Å². The number of aryl methyl sites for hydroxylation is 1. The first-order valence-electron chi connectivity index (χ1n) is 9.88. The van der Waals surface area contributed by atoms with Crippen LogP contribution in [0.25, 0.3) is 10.9 Å². The average molecular weight is 408 g/mol. The smallest absolute Gasteiger partial charge is 0.252 e. The molecule has 6 nitrogen and oxygen atoms in total. The molecule has 0 aliphatic heterocycles. The van der Waals surface area contributed by atoms with Gasteiger partial charge in [-0.05, 0) is 62.4 Å². The van der Waals surface area contributed by atoms with Gasteiger partial charge in [-0.15, -0.1) is 0 Å². The van der Waals surface area contributed by atoms with Gasteiger partial charge >= 0.3 is 0 Å². The number of hydrogen-bond acceptors (Lipinski definition) is 4. The zero-order chi connectivity index (χ0) is 21.4. The standard InChI is InChI=1S/C23H21FN4O2.2H2/c1-12-16(9-20(29)27-13(2)18-7-3-14(10-25)11-26-18)23(30)28-19-8-6-17(24)22(21(12)19)15-4-5-15;;/h3,6-8,11,13,15H,4-5,9H2,1-2H3,(H,27,29)(H,28,30);2*1H/t13-;;/m1../s1. The molecule has 7 heteroatoms. The van der Waals surface area contributed by atoms with Gasteiger partial charge in [-0.1, -0.05) is 0 Å². The lowest BCUT2D eigenvalue weighted by Gasteiger charge is -2.16. The fourth-order valence-electron chi connectivity index (χ4n) is 3.86. The van der Waals surface area contributed by atoms with E-state index in [1.54, 1.807) is 32.0 Å². The minimum absolute atomic E-state index is 0. The van der Waals surface area contributed by atoms with Crippen LogP contribution in [0.5, 0.6) is 0 Å². The number of pyridine rings is 2. The maximum Gasteiger partial charge on any atom is 0.252 e. The summed E-state index contributed by atoms with van der Waals surface area (Å²) in [7, 11) is 0. The topological polar surface area (TPSA) is 98.6 Å². The molecular formula is C23H25FN4O2. The molecule has 2 heterocycles. The van der Waals surface area contributed by atoms with Gasteiger partial charge in [0.25, 0.3) is 5.56 Å². The van der Waals surface area contributed by atoms with Gasteiger partial charge in [-0.2, -0.15) is 5.26 Å². The van der Waals surface area contributed by atoms with Crippen LogP contribution < -0.4 is 10.9 Å². The molecule has 2 aromatic heterocycles. The van der Waals surface area contributed by atoms with E-state index in [-0.39, 0.29) is 38.5 Å². The fourth-order valence-corrected chi connectivity index (χ4v) is 3.86. The summed E-state index contributed by atoms with van der Waals surface area (Å²) in [5.74, 6) is -0.426. The van der Waals surface area contributed by atoms with E-state index in [4.69, 9.17) is 5.26 Å². The van der Waals surface area contributed by atoms with Crippen molar-refractivity contribution in [2.75, 3.05) is 0 Å². The predicted octanol–water partition coefficient (Wildman–Crippen LogP) is 4.03. The highest BCUT2D eigenvalue weighted by molar-refractivity contribution is 5.89. The fraction of sp³-hybridized carbons (Fsp3) is 0.304. The number of halogens is 1. The van der Waals surface area contributed by atoms with Gasteiger partial charge in [0.15, 0.2) is 0 Å². The van der Waals surface area contributed by atoms with Gasteiger partial charge in [0.1, 0.15) is 11.9 Å². The second-order valence-electron chi connectivity index (χ2n) is 7.77. The Morgan fingerprint density at radius 1 is 1.40 bits per heavy atom. The van der Waals surface area contributed by atoms with Gasteiger partial charge in [0.2, 0.25) is 5.91 Å². The summed E-state index contributed by atoms with van der Waals surface area (Å²) in [5, 5.41) is 12.4. The van der Waals surface area contributed by atoms with Crippen LogP contribution in [0, 0.1) is 24.1 Å². The zero-order valence-corrected chi connectivity index (χ0v) is 16.8. The van der Waals surface area contributed by atoms with Crippen molar-refractivity contribution >= 4 is 16.8 Å². The minimum atomic E-state index is -0.385. The molecule has 1 atom stereocenters. The summed E-state index contributed by atoms with van der Waals surface area (Å²) in [5.41, 5.74) is 2.94. The van der Waals surface area contributed by atoms with E-state index in [2.05, 4.69) is 15.3 Å². The SMILES string of the molecule is Cc1c(CC(=O)N[C@H](C)c2ccc(C#N)cn2)c(=O)[nH]c2ccc(F)c(C3CC3)c12.[HH].[HH]. The third kappa shape index (κ3) is 3.69. The number of H-pyrrole nitrogens is 1. The molecular weight excluding hydrogens is 383 g/mol. The highest BCUT2D eigenvalue weighted by Gasteiger charge is 2.30. The lowest BCUT2D eigenvalue weighted by molar-refractivity contribution is -0.121. The molecule has 0 spiro atoms. The maximum atomic E-state index is 14.5. The molecule has 0 unspecified atom stereocenters. The number of nitriles is 1. The molecule has 1 amide bonds. The molecule has 0 radical (unpaired) electrons. The minimum Gasteiger partial charge on any atom is -0.348 e. The van der Waals surface area contributed by atoms with Crippen molar-refractivity contribution in [1.29, 1.82) is 5.26 Å². The summed E-state index contributed by atoms with van der Waals surface area (Å²) in [6.07, 6.45) is 3.20. The number of aromatic nitrogens is 2. The molecule has 0 saturated heterocycles. The molecule has 1 fully saturated rings. The Hall–Kier alpha value is -3.53. The lowest BCUT2D eigenvalue weighted by Crippen LogP contribution is -2.31. The number of carbonyl (C=O) groups excluding carboxylic acids is 1. The van der Waals surface area contributed by atoms with Gasteiger partial charge in [-0.25, -0.2) is 4.39 Å². The molecule has 3 aromatic rings. The largest absolute Gasteiger partial charge is 0.348 e. The van der Waals surface area contributed by atoms with Crippen LogP contribution in [-0.4, -0.2) is 15.9 Å². The van der Waals surface area contributed by atoms with E-state index >= 15 is 0 Å². The van der Waals surface area contributed by atoms with E-state index in [0.29, 0.717) is 38.9 Å². The molecule has 30 heavy (non-hydrogen) atoms. The number of nitrogens with zero attached hydrogens (tertiary/aromatic N) is 2. The first kappa shape index (κ1) is 19.8. The van der Waals surface area contributed by atoms with E-state index in [9.17, 15) is 14.0 Å². The Balaban J connectivity index is 0.00000181. The van der Waals surface area contributed by atoms with Crippen LogP contribution in [-0.2, 0) is 11.2 Å². The number of rotatable bonds is 5. The van der Waals surface area contributed by atoms with Crippen LogP contribution >= 0.6 is 0 Å². The van der Waals surface area contributed by atoms with Crippen LogP contribution in [0.4, 0.5) is 4.39 Å². The van der Waals surface area contributed by atoms with Gasteiger partial charge < -0.3 is 10.3 Å². The number of amides is 1. The second-order valence-corrected chi connectivity index (χ2v) is 7.77. The first-order chi connectivity index (χ1) is 14.4. The number of nitrogens with one attached hydrogen (secondary N) is 2. The molecule has 0 bridgehead atoms. The number of fused-ring (bicyclic) bond motifs is 1. The van der Waals surface area contributed by atoms with Gasteiger partial charge in [0.05, 0.1) is 23.7 Å². The number of hydrogen-bond donors (Lipinski definition) is 2. The Kier molecular flexibility index (Phi) is 5.08. The Morgan fingerprint density at radius 2 is 2.17 bits per heavy atom. The van der Waals surface area contributed by atoms with E-state index in [1.165, 1.54) is 12.3 Å². The number of aromatic amines is 1. The Morgan fingerprint density at radius 3 is 2.80 bits per heavy atom. The summed E-state index contributed by atoms with van der Waals surface area (Å²) in [6.45, 7) is 3.56. The molecule has 1 aromatic carbocycles. The maximum absolute atomic E-state index is 14.5. The average Bonchev–Trinajstić information content (AvgIpc) is 3.56. The number of carbonyl (C=O) groups is 1. The third-order valence-electron chi connectivity index (χ3n) is 5.60. The molecule has 156 valence electrons. The molecule has 1 aliphatic rings. The Labute approximate surface area is 175 Å². The summed E-state index contributed by atoms with van der Waals surface area (Å²) in [6, 6.07) is 7.90. The molecule has 4 rings (SSSR count). The van der Waals surface area contributed by atoms with Gasteiger partial charge in [-0.3, -0.25) is 14.6 Å². The van der Waals surface area contributed by atoms with Crippen LogP contribution in [0.1, 0.15) is 62.5 Å². The van der Waals surface area contributed by atoms with Crippen molar-refractivity contribution in [2.24, 2.45) is 0 Å². The molecule has 1 saturated carbocycles. The predicted molar refractivity (Wildman–Crippen MR) is 115 cm³/mol. The third-order valence-corrected chi connectivity index (χ3v) is 5.60. The molecule has 2 N–H and O–H groups in total. The first-order valence-corrected chi connectivity index (χ1v) is 9.88. The van der Waals surface area contributed by atoms with E-state index in [1.807, 2.05) is 6.07 Å². The normalized spacial score (nSPS) is 14.3. The molecule has 1 aliphatic carbocycles. The number of benzene rings is 1. The summed E-state index contributed by atoms with van der Waals surface area (Å²) < 4.78 is 14.5. The van der Waals surface area contributed by atoms with Crippen molar-refractivity contribution < 1.29 is 12.0 Å². The highest BCUT2D eigenvalue weighted by Crippen LogP contribution is 2.45.